The number of aromatic nitrogens is 3. The third-order valence-corrected chi connectivity index (χ3v) is 5.29. The van der Waals surface area contributed by atoms with E-state index in [1.54, 1.807) is 13.0 Å². The predicted molar refractivity (Wildman–Crippen MR) is 108 cm³/mol. The zero-order valence-corrected chi connectivity index (χ0v) is 16.1. The largest absolute Gasteiger partial charge is 0.329 e. The van der Waals surface area contributed by atoms with Crippen LogP contribution in [0, 0.1) is 13.8 Å². The van der Waals surface area contributed by atoms with Gasteiger partial charge in [-0.25, -0.2) is 9.78 Å². The maximum absolute atomic E-state index is 13.1. The molecule has 0 spiro atoms. The highest BCUT2D eigenvalue weighted by atomic mass is 16.2. The van der Waals surface area contributed by atoms with Crippen LogP contribution in [0.15, 0.2) is 33.9 Å². The molecule has 1 amide bonds. The summed E-state index contributed by atoms with van der Waals surface area (Å²) in [7, 11) is 0. The Morgan fingerprint density at radius 3 is 2.61 bits per heavy atom. The number of pyridine rings is 1. The number of rotatable bonds is 4. The van der Waals surface area contributed by atoms with E-state index in [4.69, 9.17) is 0 Å². The zero-order chi connectivity index (χ0) is 20.0. The fraction of sp³-hybridized carbons (Fsp3) is 0.333. The molecule has 4 rings (SSSR count). The van der Waals surface area contributed by atoms with Crippen molar-refractivity contribution in [1.82, 2.24) is 14.5 Å². The number of carbonyl (C=O) groups excluding carboxylic acids is 1. The van der Waals surface area contributed by atoms with Gasteiger partial charge in [-0.1, -0.05) is 6.07 Å². The number of nitrogens with zero attached hydrogens (tertiary/aromatic N) is 2. The van der Waals surface area contributed by atoms with Gasteiger partial charge in [0.15, 0.2) is 5.65 Å². The molecule has 28 heavy (non-hydrogen) atoms. The molecular formula is C21H22N4O3. The second kappa shape index (κ2) is 6.74. The van der Waals surface area contributed by atoms with Crippen LogP contribution in [-0.4, -0.2) is 20.4 Å². The Morgan fingerprint density at radius 1 is 1.21 bits per heavy atom. The lowest BCUT2D eigenvalue weighted by Crippen LogP contribution is -2.32. The van der Waals surface area contributed by atoms with Crippen molar-refractivity contribution in [3.8, 4) is 0 Å². The van der Waals surface area contributed by atoms with E-state index in [9.17, 15) is 14.4 Å². The first-order chi connectivity index (χ1) is 13.4. The molecule has 1 aliphatic carbocycles. The number of hydrogen-bond acceptors (Lipinski definition) is 4. The van der Waals surface area contributed by atoms with Gasteiger partial charge in [-0.2, -0.15) is 0 Å². The van der Waals surface area contributed by atoms with Crippen molar-refractivity contribution in [2.45, 2.75) is 46.1 Å². The van der Waals surface area contributed by atoms with Crippen LogP contribution in [-0.2, 0) is 6.54 Å². The number of aryl methyl sites for hydroxylation is 3. The molecule has 2 aromatic heterocycles. The lowest BCUT2D eigenvalue weighted by molar-refractivity contribution is 0.102. The van der Waals surface area contributed by atoms with Gasteiger partial charge in [0.25, 0.3) is 11.5 Å². The summed E-state index contributed by atoms with van der Waals surface area (Å²) in [5.74, 6) is -0.110. The van der Waals surface area contributed by atoms with Crippen molar-refractivity contribution in [2.24, 2.45) is 0 Å². The van der Waals surface area contributed by atoms with Crippen molar-refractivity contribution < 1.29 is 4.79 Å². The molecule has 7 heteroatoms. The normalized spacial score (nSPS) is 13.7. The Morgan fingerprint density at radius 2 is 1.96 bits per heavy atom. The molecule has 0 radical (unpaired) electrons. The lowest BCUT2D eigenvalue weighted by atomic mass is 10.1. The molecule has 0 unspecified atom stereocenters. The SMILES string of the molecule is CCn1c(=O)[nH]c(=O)c2c(C(=O)Nc3ccc(C)c(C)c3)cc(C3CC3)nc21. The van der Waals surface area contributed by atoms with Crippen molar-refractivity contribution in [1.29, 1.82) is 0 Å². The Labute approximate surface area is 161 Å². The average Bonchev–Trinajstić information content (AvgIpc) is 3.49. The third kappa shape index (κ3) is 3.13. The number of H-pyrrole nitrogens is 1. The van der Waals surface area contributed by atoms with Crippen LogP contribution in [0.1, 0.15) is 52.9 Å². The molecule has 1 aromatic carbocycles. The Balaban J connectivity index is 1.89. The van der Waals surface area contributed by atoms with Crippen LogP contribution in [0.25, 0.3) is 11.0 Å². The second-order valence-electron chi connectivity index (χ2n) is 7.32. The van der Waals surface area contributed by atoms with Crippen molar-refractivity contribution in [3.63, 3.8) is 0 Å². The summed E-state index contributed by atoms with van der Waals surface area (Å²) >= 11 is 0. The van der Waals surface area contributed by atoms with E-state index in [0.717, 1.165) is 29.7 Å². The van der Waals surface area contributed by atoms with Crippen molar-refractivity contribution in [2.75, 3.05) is 5.32 Å². The first-order valence-corrected chi connectivity index (χ1v) is 9.45. The topological polar surface area (TPSA) is 96.9 Å². The molecule has 0 saturated heterocycles. The fourth-order valence-corrected chi connectivity index (χ4v) is 3.37. The molecule has 1 aliphatic rings. The van der Waals surface area contributed by atoms with Crippen LogP contribution in [0.2, 0.25) is 0 Å². The molecule has 1 fully saturated rings. The lowest BCUT2D eigenvalue weighted by Gasteiger charge is -2.13. The summed E-state index contributed by atoms with van der Waals surface area (Å²) in [6, 6.07) is 7.35. The molecule has 0 aliphatic heterocycles. The molecule has 1 saturated carbocycles. The minimum absolute atomic E-state index is 0.146. The Bertz CT molecular complexity index is 1220. The van der Waals surface area contributed by atoms with E-state index >= 15 is 0 Å². The maximum atomic E-state index is 13.1. The molecule has 0 bridgehead atoms. The molecular weight excluding hydrogens is 356 g/mol. The summed E-state index contributed by atoms with van der Waals surface area (Å²) in [5, 5.41) is 3.02. The first-order valence-electron chi connectivity index (χ1n) is 9.45. The van der Waals surface area contributed by atoms with Crippen LogP contribution < -0.4 is 16.6 Å². The minimum Gasteiger partial charge on any atom is -0.322 e. The van der Waals surface area contributed by atoms with Crippen LogP contribution >= 0.6 is 0 Å². The minimum atomic E-state index is -0.593. The van der Waals surface area contributed by atoms with Crippen LogP contribution in [0.5, 0.6) is 0 Å². The van der Waals surface area contributed by atoms with Gasteiger partial charge in [0.1, 0.15) is 0 Å². The zero-order valence-electron chi connectivity index (χ0n) is 16.1. The van der Waals surface area contributed by atoms with E-state index in [-0.39, 0.29) is 28.4 Å². The molecule has 144 valence electrons. The van der Waals surface area contributed by atoms with E-state index < -0.39 is 11.2 Å². The number of nitrogens with one attached hydrogen (secondary N) is 2. The molecule has 0 atom stereocenters. The monoisotopic (exact) mass is 378 g/mol. The van der Waals surface area contributed by atoms with E-state index in [0.29, 0.717) is 12.2 Å². The van der Waals surface area contributed by atoms with Crippen molar-refractivity contribution >= 4 is 22.6 Å². The summed E-state index contributed by atoms with van der Waals surface area (Å²) in [5.41, 5.74) is 3.02. The van der Waals surface area contributed by atoms with Gasteiger partial charge in [-0.15, -0.1) is 0 Å². The predicted octanol–water partition coefficient (Wildman–Crippen LogP) is 2.85. The Kier molecular flexibility index (Phi) is 4.37. The third-order valence-electron chi connectivity index (χ3n) is 5.29. The number of benzene rings is 1. The number of amides is 1. The fourth-order valence-electron chi connectivity index (χ4n) is 3.37. The van der Waals surface area contributed by atoms with Gasteiger partial charge in [-0.05, 0) is 62.9 Å². The van der Waals surface area contributed by atoms with Gasteiger partial charge in [0.2, 0.25) is 0 Å². The molecule has 2 heterocycles. The molecule has 2 N–H and O–H groups in total. The summed E-state index contributed by atoms with van der Waals surface area (Å²) in [4.78, 5) is 44.7. The highest BCUT2D eigenvalue weighted by Crippen LogP contribution is 2.40. The summed E-state index contributed by atoms with van der Waals surface area (Å²) in [6.07, 6.45) is 1.99. The van der Waals surface area contributed by atoms with Gasteiger partial charge in [0, 0.05) is 23.8 Å². The quantitative estimate of drug-likeness (QED) is 0.729. The standard InChI is InChI=1S/C21H22N4O3/c1-4-25-18-17(20(27)24-21(25)28)15(10-16(23-18)13-6-7-13)19(26)22-14-8-5-11(2)12(3)9-14/h5,8-10,13H,4,6-7H2,1-3H3,(H,22,26)(H,24,27,28). The van der Waals surface area contributed by atoms with Crippen LogP contribution in [0.3, 0.4) is 0 Å². The highest BCUT2D eigenvalue weighted by Gasteiger charge is 2.28. The maximum Gasteiger partial charge on any atom is 0.329 e. The smallest absolute Gasteiger partial charge is 0.322 e. The highest BCUT2D eigenvalue weighted by molar-refractivity contribution is 6.11. The van der Waals surface area contributed by atoms with E-state index in [2.05, 4.69) is 15.3 Å². The number of carbonyl (C=O) groups is 1. The van der Waals surface area contributed by atoms with Gasteiger partial charge >= 0.3 is 5.69 Å². The van der Waals surface area contributed by atoms with Gasteiger partial charge < -0.3 is 5.32 Å². The van der Waals surface area contributed by atoms with Gasteiger partial charge in [-0.3, -0.25) is 19.1 Å². The number of aromatic amines is 1. The number of hydrogen-bond donors (Lipinski definition) is 2. The second-order valence-corrected chi connectivity index (χ2v) is 7.32. The first kappa shape index (κ1) is 18.2. The summed E-state index contributed by atoms with van der Waals surface area (Å²) in [6.45, 7) is 6.14. The summed E-state index contributed by atoms with van der Waals surface area (Å²) < 4.78 is 1.40. The van der Waals surface area contributed by atoms with Crippen molar-refractivity contribution in [3.05, 3.63) is 67.5 Å². The molecule has 3 aromatic rings. The van der Waals surface area contributed by atoms with Crippen LogP contribution in [0.4, 0.5) is 5.69 Å². The van der Waals surface area contributed by atoms with E-state index in [1.807, 2.05) is 32.0 Å². The van der Waals surface area contributed by atoms with Gasteiger partial charge in [0.05, 0.1) is 10.9 Å². The van der Waals surface area contributed by atoms with E-state index in [1.165, 1.54) is 4.57 Å². The average molecular weight is 378 g/mol. The molecule has 7 nitrogen and oxygen atoms in total. The number of fused-ring (bicyclic) bond motifs is 1. The Hall–Kier alpha value is -3.22. The number of anilines is 1.